The van der Waals surface area contributed by atoms with E-state index in [0.29, 0.717) is 33.4 Å². The summed E-state index contributed by atoms with van der Waals surface area (Å²) < 4.78 is 0. The van der Waals surface area contributed by atoms with Gasteiger partial charge < -0.3 is 0 Å². The van der Waals surface area contributed by atoms with E-state index < -0.39 is 28.5 Å². The van der Waals surface area contributed by atoms with Crippen LogP contribution < -0.4 is 0 Å². The molecule has 2 heterocycles. The lowest BCUT2D eigenvalue weighted by Crippen LogP contribution is -2.36. The first-order valence-corrected chi connectivity index (χ1v) is 19.7. The second kappa shape index (κ2) is 15.3. The summed E-state index contributed by atoms with van der Waals surface area (Å²) in [5.74, 6) is -3.43. The number of carbonyl (C=O) groups is 4. The van der Waals surface area contributed by atoms with E-state index in [-0.39, 0.29) is 34.9 Å². The maximum atomic E-state index is 14.5. The van der Waals surface area contributed by atoms with E-state index in [2.05, 4.69) is 9.97 Å². The van der Waals surface area contributed by atoms with Gasteiger partial charge in [-0.15, -0.1) is 0 Å². The second-order valence-corrected chi connectivity index (χ2v) is 15.2. The smallest absolute Gasteiger partial charge is 0.230 e. The van der Waals surface area contributed by atoms with Crippen LogP contribution in [0.3, 0.4) is 0 Å². The molecule has 0 saturated carbocycles. The molecule has 1 aliphatic rings. The summed E-state index contributed by atoms with van der Waals surface area (Å²) in [4.78, 5) is 86.7. The lowest BCUT2D eigenvalue weighted by atomic mass is 9.76. The Labute approximate surface area is 351 Å². The van der Waals surface area contributed by atoms with Crippen molar-refractivity contribution in [3.05, 3.63) is 236 Å². The quantitative estimate of drug-likeness (QED) is 0.123. The molecule has 0 spiro atoms. The lowest BCUT2D eigenvalue weighted by molar-refractivity contribution is 0.100. The molecule has 8 aromatic rings. The zero-order valence-electron chi connectivity index (χ0n) is 33.7. The van der Waals surface area contributed by atoms with Crippen molar-refractivity contribution < 1.29 is 19.2 Å². The Bertz CT molecular complexity index is 2710. The van der Waals surface area contributed by atoms with Gasteiger partial charge in [0, 0.05) is 22.3 Å². The Morgan fingerprint density at radius 2 is 0.574 bits per heavy atom. The summed E-state index contributed by atoms with van der Waals surface area (Å²) in [6.45, 7) is 7.65. The third-order valence-electron chi connectivity index (χ3n) is 11.0. The summed E-state index contributed by atoms with van der Waals surface area (Å²) in [7, 11) is 0. The molecule has 294 valence electrons. The van der Waals surface area contributed by atoms with E-state index in [9.17, 15) is 19.2 Å². The zero-order chi connectivity index (χ0) is 42.4. The van der Waals surface area contributed by atoms with Gasteiger partial charge in [0.05, 0.1) is 0 Å². The largest absolute Gasteiger partial charge is 0.285 e. The predicted molar refractivity (Wildman–Crippen MR) is 229 cm³/mol. The van der Waals surface area contributed by atoms with Crippen molar-refractivity contribution in [3.8, 4) is 11.1 Å². The summed E-state index contributed by atoms with van der Waals surface area (Å²) in [5.41, 5.74) is 6.02. The monoisotopic (exact) mass is 796 g/mol. The Morgan fingerprint density at radius 1 is 0.328 bits per heavy atom. The molecule has 0 amide bonds. The fraction of sp³-hybridized carbons (Fsp3) is 0.0980. The molecular weight excluding hydrogens is 761 g/mol. The van der Waals surface area contributed by atoms with E-state index in [0.717, 1.165) is 33.4 Å². The predicted octanol–water partition coefficient (Wildman–Crippen LogP) is 8.58. The van der Waals surface area contributed by atoms with Crippen molar-refractivity contribution in [3.63, 3.8) is 0 Å². The molecule has 0 unspecified atom stereocenters. The highest BCUT2D eigenvalue weighted by Crippen LogP contribution is 2.54. The van der Waals surface area contributed by atoms with Crippen LogP contribution in [-0.2, 0) is 5.41 Å². The lowest BCUT2D eigenvalue weighted by Gasteiger charge is -2.29. The molecule has 0 bridgehead atoms. The molecule has 61 heavy (non-hydrogen) atoms. The Balaban J connectivity index is 1.38. The minimum atomic E-state index is -1.71. The molecular formula is C51H36N6O4. The SMILES string of the molecule is Cc1ccc(C(=O)c2nc(C(=O)c3ccc(C)cc3)nc(C3(c4nc(C(=O)c5ccc(C)cc5)nc(C(=O)c5ccc(C)cc5)n4)c4ccccc4-c4ccccc43)n2)cc1. The van der Waals surface area contributed by atoms with Crippen molar-refractivity contribution in [1.29, 1.82) is 0 Å². The van der Waals surface area contributed by atoms with Gasteiger partial charge in [0.2, 0.25) is 46.4 Å². The number of aryl methyl sites for hydroxylation is 4. The van der Waals surface area contributed by atoms with Crippen LogP contribution in [0.15, 0.2) is 146 Å². The molecule has 0 aliphatic heterocycles. The number of rotatable bonds is 10. The first kappa shape index (κ1) is 38.5. The number of benzene rings is 6. The van der Waals surface area contributed by atoms with Crippen LogP contribution in [0.4, 0.5) is 0 Å². The van der Waals surface area contributed by atoms with E-state index in [1.165, 1.54) is 0 Å². The molecule has 9 rings (SSSR count). The average Bonchev–Trinajstić information content (AvgIpc) is 3.60. The maximum Gasteiger partial charge on any atom is 0.230 e. The Kier molecular flexibility index (Phi) is 9.68. The van der Waals surface area contributed by atoms with Gasteiger partial charge in [-0.3, -0.25) is 19.2 Å². The molecule has 2 aromatic heterocycles. The molecule has 10 nitrogen and oxygen atoms in total. The maximum absolute atomic E-state index is 14.5. The van der Waals surface area contributed by atoms with Gasteiger partial charge in [-0.25, -0.2) is 29.9 Å². The van der Waals surface area contributed by atoms with Crippen LogP contribution >= 0.6 is 0 Å². The standard InChI is InChI=1S/C51H36N6O4/c1-29-13-21-33(22-14-29)41(58)45-52-46(42(59)34-23-15-30(2)16-24-34)55-49(54-45)51(39-11-7-5-9-37(39)38-10-6-8-12-40(38)51)50-56-47(43(60)35-25-17-31(3)18-26-35)53-48(57-50)44(61)36-27-19-32(4)20-28-36/h5-28H,1-4H3. The van der Waals surface area contributed by atoms with Crippen LogP contribution in [0.25, 0.3) is 11.1 Å². The van der Waals surface area contributed by atoms with Crippen LogP contribution in [-0.4, -0.2) is 53.0 Å². The number of hydrogen-bond donors (Lipinski definition) is 0. The van der Waals surface area contributed by atoms with Gasteiger partial charge in [0.15, 0.2) is 11.6 Å². The Hall–Kier alpha value is -7.98. The fourth-order valence-electron chi connectivity index (χ4n) is 7.65. The van der Waals surface area contributed by atoms with E-state index in [1.54, 1.807) is 48.5 Å². The van der Waals surface area contributed by atoms with E-state index in [1.807, 2.05) is 125 Å². The molecule has 6 aromatic carbocycles. The van der Waals surface area contributed by atoms with Gasteiger partial charge in [-0.05, 0) is 49.9 Å². The van der Waals surface area contributed by atoms with Crippen molar-refractivity contribution >= 4 is 23.1 Å². The summed E-state index contributed by atoms with van der Waals surface area (Å²) in [6.07, 6.45) is 0. The van der Waals surface area contributed by atoms with Crippen molar-refractivity contribution in [2.24, 2.45) is 0 Å². The Morgan fingerprint density at radius 3 is 0.836 bits per heavy atom. The molecule has 10 heteroatoms. The van der Waals surface area contributed by atoms with Gasteiger partial charge in [-0.2, -0.15) is 0 Å². The minimum Gasteiger partial charge on any atom is -0.285 e. The van der Waals surface area contributed by atoms with Crippen LogP contribution in [0.1, 0.15) is 110 Å². The van der Waals surface area contributed by atoms with Gasteiger partial charge in [0.25, 0.3) is 0 Å². The fourth-order valence-corrected chi connectivity index (χ4v) is 7.65. The van der Waals surface area contributed by atoms with Gasteiger partial charge >= 0.3 is 0 Å². The van der Waals surface area contributed by atoms with E-state index in [4.69, 9.17) is 19.9 Å². The van der Waals surface area contributed by atoms with Gasteiger partial charge in [0.1, 0.15) is 5.41 Å². The van der Waals surface area contributed by atoms with Crippen molar-refractivity contribution in [2.75, 3.05) is 0 Å². The number of nitrogens with zero attached hydrogens (tertiary/aromatic N) is 6. The normalized spacial score (nSPS) is 12.3. The highest BCUT2D eigenvalue weighted by atomic mass is 16.1. The van der Waals surface area contributed by atoms with Crippen LogP contribution in [0, 0.1) is 27.7 Å². The average molecular weight is 797 g/mol. The number of ketones is 4. The summed E-state index contributed by atoms with van der Waals surface area (Å²) in [5, 5.41) is 0. The van der Waals surface area contributed by atoms with E-state index >= 15 is 0 Å². The minimum absolute atomic E-state index is 0.0560. The van der Waals surface area contributed by atoms with Crippen LogP contribution in [0.5, 0.6) is 0 Å². The third-order valence-corrected chi connectivity index (χ3v) is 11.0. The molecule has 0 fully saturated rings. The molecule has 0 atom stereocenters. The summed E-state index contributed by atoms with van der Waals surface area (Å²) >= 11 is 0. The molecule has 1 aliphatic carbocycles. The zero-order valence-corrected chi connectivity index (χ0v) is 33.7. The topological polar surface area (TPSA) is 146 Å². The summed E-state index contributed by atoms with van der Waals surface area (Å²) in [6, 6.07) is 43.0. The third kappa shape index (κ3) is 6.83. The van der Waals surface area contributed by atoms with Crippen LogP contribution in [0.2, 0.25) is 0 Å². The molecule has 0 saturated heterocycles. The number of carbonyl (C=O) groups excluding carboxylic acids is 4. The highest BCUT2D eigenvalue weighted by Gasteiger charge is 2.52. The van der Waals surface area contributed by atoms with Crippen molar-refractivity contribution in [1.82, 2.24) is 29.9 Å². The first-order chi connectivity index (χ1) is 29.5. The number of hydrogen-bond acceptors (Lipinski definition) is 10. The molecule has 0 radical (unpaired) electrons. The van der Waals surface area contributed by atoms with Crippen molar-refractivity contribution in [2.45, 2.75) is 33.1 Å². The molecule has 0 N–H and O–H groups in total. The first-order valence-electron chi connectivity index (χ1n) is 19.7. The highest BCUT2D eigenvalue weighted by molar-refractivity contribution is 6.10. The second-order valence-electron chi connectivity index (χ2n) is 15.2. The number of fused-ring (bicyclic) bond motifs is 3. The van der Waals surface area contributed by atoms with Gasteiger partial charge in [-0.1, -0.05) is 168 Å². The number of aromatic nitrogens is 6.